The van der Waals surface area contributed by atoms with Crippen LogP contribution < -0.4 is 5.32 Å². The van der Waals surface area contributed by atoms with Gasteiger partial charge >= 0.3 is 0 Å². The smallest absolute Gasteiger partial charge is 0.145 e. The number of aliphatic imine (C=N–C) groups is 1. The summed E-state index contributed by atoms with van der Waals surface area (Å²) in [5.41, 5.74) is 20.2. The fraction of sp³-hybridized carbons (Fsp3) is 0.0159. The zero-order chi connectivity index (χ0) is 44.1. The number of nitrogens with zero attached hydrogens (tertiary/aromatic N) is 2. The summed E-state index contributed by atoms with van der Waals surface area (Å²) in [6.45, 7) is 0. The minimum atomic E-state index is -0.319. The monoisotopic (exact) mass is 843 g/mol. The Labute approximate surface area is 386 Å². The van der Waals surface area contributed by atoms with E-state index in [0.717, 1.165) is 95.1 Å². The molecule has 0 radical (unpaired) electrons. The molecule has 1 aliphatic rings. The van der Waals surface area contributed by atoms with Gasteiger partial charge in [0.2, 0.25) is 0 Å². The van der Waals surface area contributed by atoms with Gasteiger partial charge in [0.1, 0.15) is 6.17 Å². The predicted molar refractivity (Wildman–Crippen MR) is 276 cm³/mol. The molecular formula is C63H45N3. The Balaban J connectivity index is 1.16. The highest BCUT2D eigenvalue weighted by Gasteiger charge is 2.26. The van der Waals surface area contributed by atoms with Crippen molar-refractivity contribution in [2.45, 2.75) is 6.17 Å². The first kappa shape index (κ1) is 40.1. The molecule has 0 amide bonds. The first-order valence-electron chi connectivity index (χ1n) is 22.5. The minimum absolute atomic E-state index is 0.319. The fourth-order valence-electron chi connectivity index (χ4n) is 9.12. The Morgan fingerprint density at radius 2 is 0.652 bits per heavy atom. The Bertz CT molecular complexity index is 3170. The van der Waals surface area contributed by atoms with E-state index < -0.39 is 0 Å². The molecule has 1 aliphatic heterocycles. The molecule has 9 aromatic carbocycles. The fourth-order valence-corrected chi connectivity index (χ4v) is 9.12. The first-order chi connectivity index (χ1) is 32.7. The molecule has 0 saturated carbocycles. The molecule has 1 atom stereocenters. The van der Waals surface area contributed by atoms with Gasteiger partial charge in [0, 0.05) is 39.1 Å². The number of allylic oxidation sites excluding steroid dienone is 1. The van der Waals surface area contributed by atoms with Crippen molar-refractivity contribution < 1.29 is 0 Å². The summed E-state index contributed by atoms with van der Waals surface area (Å²) in [6.07, 6.45) is 1.91. The number of hydrogen-bond donors (Lipinski definition) is 1. The number of nitrogens with one attached hydrogen (secondary N) is 1. The van der Waals surface area contributed by atoms with Crippen LogP contribution in [0, 0.1) is 0 Å². The van der Waals surface area contributed by atoms with Crippen LogP contribution in [0.25, 0.3) is 83.8 Å². The van der Waals surface area contributed by atoms with Crippen LogP contribution in [0.5, 0.6) is 0 Å². The Kier molecular flexibility index (Phi) is 11.1. The second-order valence-corrected chi connectivity index (χ2v) is 16.5. The molecule has 1 unspecified atom stereocenters. The molecule has 1 aromatic heterocycles. The average molecular weight is 844 g/mol. The molecule has 0 spiro atoms. The highest BCUT2D eigenvalue weighted by atomic mass is 15.1. The molecule has 10 aromatic rings. The van der Waals surface area contributed by atoms with Gasteiger partial charge in [0.15, 0.2) is 0 Å². The van der Waals surface area contributed by atoms with Gasteiger partial charge in [0.25, 0.3) is 0 Å². The van der Waals surface area contributed by atoms with E-state index in [0.29, 0.717) is 0 Å². The quantitative estimate of drug-likeness (QED) is 0.149. The summed E-state index contributed by atoms with van der Waals surface area (Å²) in [7, 11) is 0. The van der Waals surface area contributed by atoms with Gasteiger partial charge in [-0.1, -0.05) is 231 Å². The summed E-state index contributed by atoms with van der Waals surface area (Å²) in [4.78, 5) is 11.2. The average Bonchev–Trinajstić information content (AvgIpc) is 3.41. The molecule has 0 bridgehead atoms. The molecule has 2 heterocycles. The van der Waals surface area contributed by atoms with Gasteiger partial charge in [-0.15, -0.1) is 0 Å². The minimum Gasteiger partial charge on any atom is -0.360 e. The molecule has 3 heteroatoms. The molecule has 11 rings (SSSR count). The number of aromatic nitrogens is 1. The topological polar surface area (TPSA) is 37.3 Å². The van der Waals surface area contributed by atoms with Crippen molar-refractivity contribution in [2.75, 3.05) is 0 Å². The molecule has 3 nitrogen and oxygen atoms in total. The lowest BCUT2D eigenvalue weighted by atomic mass is 9.83. The summed E-state index contributed by atoms with van der Waals surface area (Å²) in [5.74, 6) is 0. The van der Waals surface area contributed by atoms with Crippen LogP contribution >= 0.6 is 0 Å². The normalized spacial score (nSPS) is 13.3. The molecule has 0 aliphatic carbocycles. The highest BCUT2D eigenvalue weighted by Crippen LogP contribution is 2.49. The summed E-state index contributed by atoms with van der Waals surface area (Å²) >= 11 is 0. The van der Waals surface area contributed by atoms with Gasteiger partial charge < -0.3 is 5.32 Å². The summed E-state index contributed by atoms with van der Waals surface area (Å²) in [5, 5.41) is 3.87. The lowest BCUT2D eigenvalue weighted by molar-refractivity contribution is 0.664. The van der Waals surface area contributed by atoms with Crippen LogP contribution in [0.1, 0.15) is 22.9 Å². The number of benzene rings is 9. The summed E-state index contributed by atoms with van der Waals surface area (Å²) < 4.78 is 0. The van der Waals surface area contributed by atoms with E-state index in [9.17, 15) is 0 Å². The van der Waals surface area contributed by atoms with Crippen molar-refractivity contribution in [3.05, 3.63) is 278 Å². The maximum Gasteiger partial charge on any atom is 0.145 e. The van der Waals surface area contributed by atoms with Gasteiger partial charge in [0.05, 0.1) is 17.1 Å². The van der Waals surface area contributed by atoms with Gasteiger partial charge in [-0.3, -0.25) is 4.99 Å². The van der Waals surface area contributed by atoms with E-state index in [1.54, 1.807) is 0 Å². The number of pyridine rings is 1. The lowest BCUT2D eigenvalue weighted by Gasteiger charge is -2.26. The Morgan fingerprint density at radius 1 is 0.288 bits per heavy atom. The van der Waals surface area contributed by atoms with Crippen LogP contribution in [0.2, 0.25) is 0 Å². The first-order valence-corrected chi connectivity index (χ1v) is 22.5. The van der Waals surface area contributed by atoms with Gasteiger partial charge in [-0.25, -0.2) is 4.98 Å². The maximum atomic E-state index is 5.67. The molecular weight excluding hydrogens is 799 g/mol. The molecule has 1 N–H and O–H groups in total. The molecule has 312 valence electrons. The maximum absolute atomic E-state index is 5.67. The van der Waals surface area contributed by atoms with Gasteiger partial charge in [-0.05, 0) is 80.4 Å². The third-order valence-corrected chi connectivity index (χ3v) is 12.3. The number of rotatable bonds is 10. The van der Waals surface area contributed by atoms with E-state index in [2.05, 4.69) is 266 Å². The second-order valence-electron chi connectivity index (χ2n) is 16.5. The number of hydrogen-bond acceptors (Lipinski definition) is 3. The van der Waals surface area contributed by atoms with Crippen molar-refractivity contribution in [1.29, 1.82) is 0 Å². The Hall–Kier alpha value is -8.66. The predicted octanol–water partition coefficient (Wildman–Crippen LogP) is 15.9. The van der Waals surface area contributed by atoms with Crippen LogP contribution in [-0.2, 0) is 0 Å². The van der Waals surface area contributed by atoms with Crippen LogP contribution in [0.15, 0.2) is 266 Å². The third kappa shape index (κ3) is 8.18. The zero-order valence-corrected chi connectivity index (χ0v) is 36.3. The molecule has 0 fully saturated rings. The van der Waals surface area contributed by atoms with Crippen LogP contribution in [0.3, 0.4) is 0 Å². The third-order valence-electron chi connectivity index (χ3n) is 12.3. The summed E-state index contributed by atoms with van der Waals surface area (Å²) in [6, 6.07) is 90.3. The SMILES string of the molecule is C1=C(c2cc(-c3ccccc3)cc(-c3ccccc3)c2)NC(c2ccccc2)N=C1c1cccc(-c2c(-c3ccccc3)c(-c3ccccc3)nc(-c3ccccc3)c2-c2ccccc2)c1. The van der Waals surface area contributed by atoms with Crippen molar-refractivity contribution >= 4 is 11.4 Å². The largest absolute Gasteiger partial charge is 0.360 e. The van der Waals surface area contributed by atoms with E-state index >= 15 is 0 Å². The van der Waals surface area contributed by atoms with E-state index in [4.69, 9.17) is 9.98 Å². The Morgan fingerprint density at radius 3 is 1.12 bits per heavy atom. The van der Waals surface area contributed by atoms with Crippen LogP contribution in [-0.4, -0.2) is 10.7 Å². The van der Waals surface area contributed by atoms with Crippen molar-refractivity contribution in [1.82, 2.24) is 10.3 Å². The van der Waals surface area contributed by atoms with Crippen molar-refractivity contribution in [3.8, 4) is 78.1 Å². The van der Waals surface area contributed by atoms with Gasteiger partial charge in [-0.2, -0.15) is 0 Å². The van der Waals surface area contributed by atoms with Crippen molar-refractivity contribution in [3.63, 3.8) is 0 Å². The molecule has 66 heavy (non-hydrogen) atoms. The van der Waals surface area contributed by atoms with E-state index in [1.807, 2.05) is 0 Å². The van der Waals surface area contributed by atoms with Crippen LogP contribution in [0.4, 0.5) is 0 Å². The highest BCUT2D eigenvalue weighted by molar-refractivity contribution is 6.14. The zero-order valence-electron chi connectivity index (χ0n) is 36.3. The lowest BCUT2D eigenvalue weighted by Crippen LogP contribution is -2.25. The standard InChI is InChI=1S/C63H45N3/c1-8-23-44(24-9-1)53-40-54(45-25-10-2-11-26-45)42-55(41-53)57-43-56(64-63(65-57)50-35-20-7-21-36-50)51-37-22-38-52(39-51)58-59(46-27-12-3-13-28-46)61(48-31-16-5-17-32-48)66-62(49-33-18-6-19-34-49)60(58)47-29-14-4-15-30-47/h1-43,63,65H. The molecule has 0 saturated heterocycles. The second kappa shape index (κ2) is 18.2. The van der Waals surface area contributed by atoms with Crippen molar-refractivity contribution in [2.24, 2.45) is 4.99 Å². The van der Waals surface area contributed by atoms with E-state index in [1.165, 1.54) is 11.1 Å². The van der Waals surface area contributed by atoms with E-state index in [-0.39, 0.29) is 6.17 Å².